The smallest absolute Gasteiger partial charge is 0.238 e. The molecule has 3 aromatic rings. The summed E-state index contributed by atoms with van der Waals surface area (Å²) in [4.78, 5) is 0.0490. The van der Waals surface area contributed by atoms with Gasteiger partial charge in [-0.15, -0.1) is 0 Å². The lowest BCUT2D eigenvalue weighted by molar-refractivity contribution is 0.598. The van der Waals surface area contributed by atoms with Crippen molar-refractivity contribution in [2.24, 2.45) is 5.14 Å². The van der Waals surface area contributed by atoms with Gasteiger partial charge in [-0.3, -0.25) is 5.10 Å². The summed E-state index contributed by atoms with van der Waals surface area (Å²) in [5, 5.41) is 13.0. The minimum atomic E-state index is -3.72. The summed E-state index contributed by atoms with van der Waals surface area (Å²) in [6.07, 6.45) is 1.74. The quantitative estimate of drug-likeness (QED) is 0.739. The van der Waals surface area contributed by atoms with Gasteiger partial charge in [0.25, 0.3) is 0 Å². The average Bonchev–Trinajstić information content (AvgIpc) is 2.99. The number of hydrogen-bond donors (Lipinski definition) is 2. The number of hydrogen-bond acceptors (Lipinski definition) is 3. The number of nitrogens with two attached hydrogens (primary N) is 1. The van der Waals surface area contributed by atoms with Crippen molar-refractivity contribution in [3.05, 3.63) is 58.7 Å². The topological polar surface area (TPSA) is 88.8 Å². The molecule has 3 N–H and O–H groups in total. The molecule has 0 unspecified atom stereocenters. The van der Waals surface area contributed by atoms with E-state index in [9.17, 15) is 8.42 Å². The van der Waals surface area contributed by atoms with Crippen LogP contribution in [0.15, 0.2) is 53.6 Å². The lowest BCUT2D eigenvalue weighted by Crippen LogP contribution is -2.11. The van der Waals surface area contributed by atoms with Gasteiger partial charge >= 0.3 is 0 Å². The molecule has 118 valence electrons. The SMILES string of the molecule is NS(=O)(=O)c1ccc(-c2n[nH]cc2-c2ccc(Cl)c(Cl)c2)cc1. The van der Waals surface area contributed by atoms with Crippen LogP contribution in [-0.2, 0) is 10.0 Å². The van der Waals surface area contributed by atoms with Gasteiger partial charge in [0.2, 0.25) is 10.0 Å². The Morgan fingerprint density at radius 1 is 0.957 bits per heavy atom. The molecule has 0 aliphatic heterocycles. The molecule has 0 bridgehead atoms. The summed E-state index contributed by atoms with van der Waals surface area (Å²) in [5.74, 6) is 0. The number of aromatic amines is 1. The summed E-state index contributed by atoms with van der Waals surface area (Å²) < 4.78 is 22.6. The molecule has 1 heterocycles. The second kappa shape index (κ2) is 5.98. The minimum Gasteiger partial charge on any atom is -0.284 e. The molecule has 0 aliphatic carbocycles. The van der Waals surface area contributed by atoms with Gasteiger partial charge in [0.05, 0.1) is 20.6 Å². The molecule has 0 radical (unpaired) electrons. The highest BCUT2D eigenvalue weighted by atomic mass is 35.5. The first kappa shape index (κ1) is 16.0. The standard InChI is InChI=1S/C15H11Cl2N3O2S/c16-13-6-3-10(7-14(13)17)12-8-19-20-15(12)9-1-4-11(5-2-9)23(18,21)22/h1-8H,(H,19,20)(H2,18,21,22). The van der Waals surface area contributed by atoms with Gasteiger partial charge in [-0.2, -0.15) is 5.10 Å². The molecule has 0 saturated carbocycles. The number of H-pyrrole nitrogens is 1. The maximum Gasteiger partial charge on any atom is 0.238 e. The molecule has 0 amide bonds. The van der Waals surface area contributed by atoms with E-state index in [2.05, 4.69) is 10.2 Å². The summed E-state index contributed by atoms with van der Waals surface area (Å²) in [5.41, 5.74) is 3.09. The molecule has 1 aromatic heterocycles. The number of benzene rings is 2. The van der Waals surface area contributed by atoms with E-state index >= 15 is 0 Å². The van der Waals surface area contributed by atoms with Gasteiger partial charge in [-0.25, -0.2) is 13.6 Å². The molecule has 5 nitrogen and oxygen atoms in total. The van der Waals surface area contributed by atoms with E-state index in [0.717, 1.165) is 16.7 Å². The second-order valence-corrected chi connectivity index (χ2v) is 7.22. The van der Waals surface area contributed by atoms with E-state index < -0.39 is 10.0 Å². The van der Waals surface area contributed by atoms with Crippen LogP contribution in [0.4, 0.5) is 0 Å². The van der Waals surface area contributed by atoms with Gasteiger partial charge < -0.3 is 0 Å². The van der Waals surface area contributed by atoms with Crippen LogP contribution in [0.3, 0.4) is 0 Å². The molecule has 0 fully saturated rings. The number of halogens is 2. The van der Waals surface area contributed by atoms with Crippen molar-refractivity contribution in [3.8, 4) is 22.4 Å². The Morgan fingerprint density at radius 3 is 2.22 bits per heavy atom. The van der Waals surface area contributed by atoms with E-state index in [0.29, 0.717) is 15.7 Å². The van der Waals surface area contributed by atoms with Gasteiger partial charge in [-0.1, -0.05) is 41.4 Å². The lowest BCUT2D eigenvalue weighted by Gasteiger charge is -2.05. The largest absolute Gasteiger partial charge is 0.284 e. The number of primary sulfonamides is 1. The van der Waals surface area contributed by atoms with Crippen molar-refractivity contribution in [1.29, 1.82) is 0 Å². The molecule has 23 heavy (non-hydrogen) atoms. The third-order valence-corrected chi connectivity index (χ3v) is 5.00. The molecule has 3 rings (SSSR count). The van der Waals surface area contributed by atoms with Crippen molar-refractivity contribution in [3.63, 3.8) is 0 Å². The van der Waals surface area contributed by atoms with Gasteiger partial charge in [0.1, 0.15) is 0 Å². The highest BCUT2D eigenvalue weighted by molar-refractivity contribution is 7.89. The first-order valence-corrected chi connectivity index (χ1v) is 8.79. The van der Waals surface area contributed by atoms with E-state index in [1.807, 2.05) is 6.07 Å². The zero-order chi connectivity index (χ0) is 16.6. The first-order chi connectivity index (χ1) is 10.9. The highest BCUT2D eigenvalue weighted by Crippen LogP contribution is 2.33. The van der Waals surface area contributed by atoms with Crippen molar-refractivity contribution in [2.75, 3.05) is 0 Å². The van der Waals surface area contributed by atoms with Crippen LogP contribution < -0.4 is 5.14 Å². The van der Waals surface area contributed by atoms with Crippen molar-refractivity contribution in [1.82, 2.24) is 10.2 Å². The Hall–Kier alpha value is -1.86. The molecule has 0 aliphatic rings. The third kappa shape index (κ3) is 3.25. The van der Waals surface area contributed by atoms with Crippen LogP contribution in [0, 0.1) is 0 Å². The van der Waals surface area contributed by atoms with Crippen molar-refractivity contribution >= 4 is 33.2 Å². The average molecular weight is 368 g/mol. The number of aromatic nitrogens is 2. The van der Waals surface area contributed by atoms with Crippen LogP contribution in [0.25, 0.3) is 22.4 Å². The zero-order valence-corrected chi connectivity index (χ0v) is 14.0. The Morgan fingerprint density at radius 2 is 1.61 bits per heavy atom. The second-order valence-electron chi connectivity index (χ2n) is 4.85. The summed E-state index contributed by atoms with van der Waals surface area (Å²) in [6, 6.07) is 11.5. The Kier molecular flexibility index (Phi) is 4.16. The predicted octanol–water partition coefficient (Wildman–Crippen LogP) is 3.70. The Labute approximate surface area is 143 Å². The van der Waals surface area contributed by atoms with Crippen LogP contribution in [0.2, 0.25) is 10.0 Å². The third-order valence-electron chi connectivity index (χ3n) is 3.33. The molecule has 0 spiro atoms. The molecule has 2 aromatic carbocycles. The van der Waals surface area contributed by atoms with Gasteiger partial charge in [0, 0.05) is 17.3 Å². The highest BCUT2D eigenvalue weighted by Gasteiger charge is 2.13. The van der Waals surface area contributed by atoms with Crippen LogP contribution in [0.5, 0.6) is 0 Å². The van der Waals surface area contributed by atoms with Crippen molar-refractivity contribution in [2.45, 2.75) is 4.90 Å². The van der Waals surface area contributed by atoms with Gasteiger partial charge in [-0.05, 0) is 29.8 Å². The fraction of sp³-hybridized carbons (Fsp3) is 0. The molecular formula is C15H11Cl2N3O2S. The number of sulfonamides is 1. The van der Waals surface area contributed by atoms with E-state index in [-0.39, 0.29) is 4.90 Å². The monoisotopic (exact) mass is 367 g/mol. The van der Waals surface area contributed by atoms with Crippen LogP contribution in [0.1, 0.15) is 0 Å². The lowest BCUT2D eigenvalue weighted by atomic mass is 10.0. The molecule has 0 saturated heterocycles. The Bertz CT molecular complexity index is 967. The molecular weight excluding hydrogens is 357 g/mol. The predicted molar refractivity (Wildman–Crippen MR) is 90.9 cm³/mol. The van der Waals surface area contributed by atoms with E-state index in [4.69, 9.17) is 28.3 Å². The maximum absolute atomic E-state index is 11.3. The normalized spacial score (nSPS) is 11.6. The van der Waals surface area contributed by atoms with E-state index in [1.165, 1.54) is 12.1 Å². The number of nitrogens with one attached hydrogen (secondary N) is 1. The maximum atomic E-state index is 11.3. The molecule has 8 heteroatoms. The minimum absolute atomic E-state index is 0.0490. The first-order valence-electron chi connectivity index (χ1n) is 6.49. The zero-order valence-electron chi connectivity index (χ0n) is 11.6. The molecule has 0 atom stereocenters. The van der Waals surface area contributed by atoms with Crippen LogP contribution >= 0.6 is 23.2 Å². The fourth-order valence-corrected chi connectivity index (χ4v) is 3.01. The summed E-state index contributed by atoms with van der Waals surface area (Å²) in [7, 11) is -3.72. The number of nitrogens with zero attached hydrogens (tertiary/aromatic N) is 1. The summed E-state index contributed by atoms with van der Waals surface area (Å²) in [6.45, 7) is 0. The summed E-state index contributed by atoms with van der Waals surface area (Å²) >= 11 is 12.0. The van der Waals surface area contributed by atoms with E-state index in [1.54, 1.807) is 30.5 Å². The van der Waals surface area contributed by atoms with Gasteiger partial charge in [0.15, 0.2) is 0 Å². The Balaban J connectivity index is 2.05. The fourth-order valence-electron chi connectivity index (χ4n) is 2.20. The van der Waals surface area contributed by atoms with Crippen LogP contribution in [-0.4, -0.2) is 18.6 Å². The van der Waals surface area contributed by atoms with Crippen molar-refractivity contribution < 1.29 is 8.42 Å². The number of rotatable bonds is 3.